The molecule has 0 aromatic carbocycles. The number of nitrogen functional groups attached to an aromatic ring is 1. The second-order valence-corrected chi connectivity index (χ2v) is 5.27. The summed E-state index contributed by atoms with van der Waals surface area (Å²) < 4.78 is 1.74. The van der Waals surface area contributed by atoms with Gasteiger partial charge in [-0.3, -0.25) is 4.90 Å². The maximum Gasteiger partial charge on any atom is 0.159 e. The van der Waals surface area contributed by atoms with E-state index in [1.54, 1.807) is 11.0 Å². The molecule has 2 N–H and O–H groups in total. The molecule has 2 aromatic rings. The third-order valence-corrected chi connectivity index (χ3v) is 3.70. The van der Waals surface area contributed by atoms with Crippen LogP contribution in [0, 0.1) is 6.92 Å². The van der Waals surface area contributed by atoms with Gasteiger partial charge in [0.15, 0.2) is 5.82 Å². The summed E-state index contributed by atoms with van der Waals surface area (Å²) in [5.41, 5.74) is 9.45. The van der Waals surface area contributed by atoms with Crippen molar-refractivity contribution in [3.63, 3.8) is 0 Å². The van der Waals surface area contributed by atoms with Gasteiger partial charge < -0.3 is 5.73 Å². The Bertz CT molecular complexity index is 618. The molecule has 0 aliphatic carbocycles. The van der Waals surface area contributed by atoms with Crippen molar-refractivity contribution in [2.24, 2.45) is 0 Å². The second kappa shape index (κ2) is 5.20. The van der Waals surface area contributed by atoms with E-state index in [9.17, 15) is 0 Å². The first-order valence-corrected chi connectivity index (χ1v) is 7.06. The van der Waals surface area contributed by atoms with Crippen LogP contribution in [-0.2, 0) is 13.0 Å². The summed E-state index contributed by atoms with van der Waals surface area (Å²) in [5.74, 6) is 1.45. The lowest BCUT2D eigenvalue weighted by molar-refractivity contribution is 0.254. The van der Waals surface area contributed by atoms with Crippen molar-refractivity contribution in [2.75, 3.05) is 18.8 Å². The first-order chi connectivity index (χ1) is 9.69. The largest absolute Gasteiger partial charge is 0.383 e. The van der Waals surface area contributed by atoms with Gasteiger partial charge in [-0.25, -0.2) is 9.97 Å². The number of aromatic nitrogens is 4. The summed E-state index contributed by atoms with van der Waals surface area (Å²) >= 11 is 0. The first kappa shape index (κ1) is 13.1. The highest BCUT2D eigenvalue weighted by Crippen LogP contribution is 2.26. The maximum atomic E-state index is 6.28. The van der Waals surface area contributed by atoms with E-state index in [1.165, 1.54) is 0 Å². The monoisotopic (exact) mass is 272 g/mol. The molecule has 3 heterocycles. The van der Waals surface area contributed by atoms with E-state index in [1.807, 2.05) is 13.0 Å². The molecule has 3 rings (SSSR count). The fourth-order valence-corrected chi connectivity index (χ4v) is 2.69. The van der Waals surface area contributed by atoms with Crippen LogP contribution in [0.25, 0.3) is 5.82 Å². The van der Waals surface area contributed by atoms with Crippen molar-refractivity contribution in [3.8, 4) is 5.82 Å². The van der Waals surface area contributed by atoms with Crippen molar-refractivity contribution in [1.82, 2.24) is 24.6 Å². The molecule has 0 atom stereocenters. The van der Waals surface area contributed by atoms with Gasteiger partial charge >= 0.3 is 0 Å². The summed E-state index contributed by atoms with van der Waals surface area (Å²) in [6.45, 7) is 7.19. The molecule has 6 nitrogen and oxygen atoms in total. The minimum absolute atomic E-state index is 0.707. The molecule has 0 radical (unpaired) electrons. The van der Waals surface area contributed by atoms with E-state index < -0.39 is 0 Å². The molecule has 1 aliphatic rings. The Hall–Kier alpha value is -1.95. The van der Waals surface area contributed by atoms with Crippen molar-refractivity contribution in [3.05, 3.63) is 29.3 Å². The molecule has 6 heteroatoms. The predicted molar refractivity (Wildman–Crippen MR) is 77.6 cm³/mol. The van der Waals surface area contributed by atoms with Gasteiger partial charge in [0, 0.05) is 36.8 Å². The van der Waals surface area contributed by atoms with E-state index in [2.05, 4.69) is 26.9 Å². The van der Waals surface area contributed by atoms with Crippen molar-refractivity contribution < 1.29 is 0 Å². The zero-order chi connectivity index (χ0) is 14.1. The Labute approximate surface area is 118 Å². The smallest absolute Gasteiger partial charge is 0.159 e. The molecule has 0 saturated carbocycles. The van der Waals surface area contributed by atoms with Crippen molar-refractivity contribution >= 4 is 5.82 Å². The quantitative estimate of drug-likeness (QED) is 0.912. The number of hydrogen-bond donors (Lipinski definition) is 1. The molecule has 0 amide bonds. The fourth-order valence-electron chi connectivity index (χ4n) is 2.69. The molecule has 0 saturated heterocycles. The highest BCUT2D eigenvalue weighted by molar-refractivity contribution is 5.49. The number of anilines is 1. The molecular weight excluding hydrogens is 252 g/mol. The molecule has 2 aromatic heterocycles. The minimum atomic E-state index is 0.707. The molecular formula is C14H20N6. The van der Waals surface area contributed by atoms with Crippen LogP contribution < -0.4 is 5.73 Å². The fraction of sp³-hybridized carbons (Fsp3) is 0.500. The van der Waals surface area contributed by atoms with Gasteiger partial charge in [-0.1, -0.05) is 6.92 Å². The number of fused-ring (bicyclic) bond motifs is 1. The van der Waals surface area contributed by atoms with E-state index in [4.69, 9.17) is 5.73 Å². The zero-order valence-electron chi connectivity index (χ0n) is 12.0. The van der Waals surface area contributed by atoms with Gasteiger partial charge in [0.2, 0.25) is 0 Å². The van der Waals surface area contributed by atoms with Gasteiger partial charge in [-0.15, -0.1) is 0 Å². The van der Waals surface area contributed by atoms with Gasteiger partial charge in [-0.05, 0) is 19.9 Å². The summed E-state index contributed by atoms with van der Waals surface area (Å²) in [4.78, 5) is 10.8. The normalized spacial score (nSPS) is 15.3. The molecule has 106 valence electrons. The van der Waals surface area contributed by atoms with Crippen LogP contribution in [0.5, 0.6) is 0 Å². The lowest BCUT2D eigenvalue weighted by Gasteiger charge is -2.25. The number of nitrogens with two attached hydrogens (primary N) is 1. The molecule has 20 heavy (non-hydrogen) atoms. The van der Waals surface area contributed by atoms with Crippen LogP contribution >= 0.6 is 0 Å². The summed E-state index contributed by atoms with van der Waals surface area (Å²) in [6.07, 6.45) is 3.67. The maximum absolute atomic E-state index is 6.28. The van der Waals surface area contributed by atoms with Gasteiger partial charge in [0.05, 0.1) is 5.69 Å². The summed E-state index contributed by atoms with van der Waals surface area (Å²) in [6, 6.07) is 1.90. The summed E-state index contributed by atoms with van der Waals surface area (Å²) in [5, 5.41) is 4.63. The standard InChI is InChI=1S/C14H20N6/c1-3-5-19-6-4-12-11(8-19)14(15)20(18-12)13-7-10(2)16-9-17-13/h7,9H,3-6,8,15H2,1-2H3. The molecule has 0 bridgehead atoms. The minimum Gasteiger partial charge on any atom is -0.383 e. The van der Waals surface area contributed by atoms with E-state index in [-0.39, 0.29) is 0 Å². The summed E-state index contributed by atoms with van der Waals surface area (Å²) in [7, 11) is 0. The van der Waals surface area contributed by atoms with Gasteiger partial charge in [-0.2, -0.15) is 9.78 Å². The lowest BCUT2D eigenvalue weighted by Crippen LogP contribution is -2.31. The van der Waals surface area contributed by atoms with E-state index >= 15 is 0 Å². The van der Waals surface area contributed by atoms with E-state index in [0.29, 0.717) is 5.82 Å². The third-order valence-electron chi connectivity index (χ3n) is 3.70. The number of aryl methyl sites for hydroxylation is 1. The SMILES string of the molecule is CCCN1CCc2nn(-c3cc(C)ncn3)c(N)c2C1. The van der Waals surface area contributed by atoms with Gasteiger partial charge in [0.1, 0.15) is 12.1 Å². The lowest BCUT2D eigenvalue weighted by atomic mass is 10.1. The number of rotatable bonds is 3. The van der Waals surface area contributed by atoms with Crippen molar-refractivity contribution in [1.29, 1.82) is 0 Å². The van der Waals surface area contributed by atoms with Gasteiger partial charge in [0.25, 0.3) is 0 Å². The average molecular weight is 272 g/mol. The molecule has 0 spiro atoms. The zero-order valence-corrected chi connectivity index (χ0v) is 12.0. The average Bonchev–Trinajstić information content (AvgIpc) is 2.77. The Morgan fingerprint density at radius 1 is 1.35 bits per heavy atom. The molecule has 0 fully saturated rings. The van der Waals surface area contributed by atoms with Crippen LogP contribution in [0.2, 0.25) is 0 Å². The molecule has 0 unspecified atom stereocenters. The Balaban J connectivity index is 1.96. The van der Waals surface area contributed by atoms with Crippen LogP contribution in [0.3, 0.4) is 0 Å². The molecule has 1 aliphatic heterocycles. The Kier molecular flexibility index (Phi) is 3.40. The van der Waals surface area contributed by atoms with Crippen LogP contribution in [-0.4, -0.2) is 37.7 Å². The van der Waals surface area contributed by atoms with Crippen LogP contribution in [0.4, 0.5) is 5.82 Å². The topological polar surface area (TPSA) is 72.9 Å². The Morgan fingerprint density at radius 2 is 2.20 bits per heavy atom. The predicted octanol–water partition coefficient (Wildman–Crippen LogP) is 1.32. The highest BCUT2D eigenvalue weighted by atomic mass is 15.4. The van der Waals surface area contributed by atoms with E-state index in [0.717, 1.165) is 55.2 Å². The van der Waals surface area contributed by atoms with Crippen LogP contribution in [0.15, 0.2) is 12.4 Å². The number of nitrogens with zero attached hydrogens (tertiary/aromatic N) is 5. The first-order valence-electron chi connectivity index (χ1n) is 7.06. The Morgan fingerprint density at radius 3 is 2.95 bits per heavy atom. The third kappa shape index (κ3) is 2.27. The number of hydrogen-bond acceptors (Lipinski definition) is 5. The highest BCUT2D eigenvalue weighted by Gasteiger charge is 2.23. The van der Waals surface area contributed by atoms with Crippen molar-refractivity contribution in [2.45, 2.75) is 33.2 Å². The van der Waals surface area contributed by atoms with Crippen LogP contribution in [0.1, 0.15) is 30.3 Å². The second-order valence-electron chi connectivity index (χ2n) is 5.27.